The first-order valence-electron chi connectivity index (χ1n) is 8.46. The number of hydrogen-bond donors (Lipinski definition) is 0. The fraction of sp³-hybridized carbons (Fsp3) is 0.722. The standard InChI is InChI=1S/C18H28O5/c1-4-5-6-7-8-9-10-11-12-13-14(19)15-16(20)22-18(2,3)23-17(15)21/h4,15H,1,5-13H2,2-3H3. The van der Waals surface area contributed by atoms with Crippen LogP contribution in [0, 0.1) is 5.92 Å². The maximum absolute atomic E-state index is 12.0. The first-order chi connectivity index (χ1) is 10.9. The Labute approximate surface area is 138 Å². The highest BCUT2D eigenvalue weighted by molar-refractivity contribution is 6.15. The molecule has 0 amide bonds. The number of cyclic esters (lactones) is 2. The van der Waals surface area contributed by atoms with Crippen molar-refractivity contribution in [1.82, 2.24) is 0 Å². The zero-order valence-corrected chi connectivity index (χ0v) is 14.3. The SMILES string of the molecule is C=CCCCCCCCCCC(=O)C1C(=O)OC(C)(C)OC1=O. The normalized spacial score (nSPS) is 17.5. The molecule has 0 spiro atoms. The van der Waals surface area contributed by atoms with Crippen LogP contribution in [-0.2, 0) is 23.9 Å². The minimum Gasteiger partial charge on any atom is -0.422 e. The number of rotatable bonds is 11. The highest BCUT2D eigenvalue weighted by atomic mass is 16.7. The Morgan fingerprint density at radius 1 is 1.00 bits per heavy atom. The quantitative estimate of drug-likeness (QED) is 0.251. The van der Waals surface area contributed by atoms with Crippen molar-refractivity contribution in [3.8, 4) is 0 Å². The predicted octanol–water partition coefficient (Wildman–Crippen LogP) is 3.70. The highest BCUT2D eigenvalue weighted by Crippen LogP contribution is 2.25. The molecule has 0 bridgehead atoms. The molecule has 0 aromatic carbocycles. The van der Waals surface area contributed by atoms with Crippen molar-refractivity contribution in [3.05, 3.63) is 12.7 Å². The van der Waals surface area contributed by atoms with Gasteiger partial charge in [0.05, 0.1) is 0 Å². The monoisotopic (exact) mass is 324 g/mol. The van der Waals surface area contributed by atoms with Gasteiger partial charge in [-0.1, -0.05) is 38.2 Å². The third kappa shape index (κ3) is 6.97. The van der Waals surface area contributed by atoms with Crippen LogP contribution in [0.4, 0.5) is 0 Å². The summed E-state index contributed by atoms with van der Waals surface area (Å²) < 4.78 is 9.92. The molecule has 130 valence electrons. The van der Waals surface area contributed by atoms with E-state index in [-0.39, 0.29) is 6.42 Å². The smallest absolute Gasteiger partial charge is 0.331 e. The fourth-order valence-electron chi connectivity index (χ4n) is 2.60. The maximum Gasteiger partial charge on any atom is 0.331 e. The van der Waals surface area contributed by atoms with Crippen LogP contribution in [0.1, 0.15) is 71.6 Å². The van der Waals surface area contributed by atoms with Crippen molar-refractivity contribution >= 4 is 17.7 Å². The predicted molar refractivity (Wildman–Crippen MR) is 86.5 cm³/mol. The number of unbranched alkanes of at least 4 members (excludes halogenated alkanes) is 7. The molecular formula is C18H28O5. The maximum atomic E-state index is 12.0. The number of carbonyl (C=O) groups is 3. The van der Waals surface area contributed by atoms with E-state index in [0.717, 1.165) is 25.7 Å². The van der Waals surface area contributed by atoms with E-state index in [4.69, 9.17) is 9.47 Å². The number of Topliss-reactive ketones (excluding diaryl/α,β-unsaturated/α-hetero) is 1. The largest absolute Gasteiger partial charge is 0.422 e. The van der Waals surface area contributed by atoms with Crippen molar-refractivity contribution in [2.24, 2.45) is 5.92 Å². The molecule has 1 aliphatic rings. The number of hydrogen-bond acceptors (Lipinski definition) is 5. The van der Waals surface area contributed by atoms with Crippen molar-refractivity contribution < 1.29 is 23.9 Å². The zero-order chi connectivity index (χ0) is 17.3. The number of carbonyl (C=O) groups excluding carboxylic acids is 3. The Kier molecular flexibility index (Phi) is 8.00. The van der Waals surface area contributed by atoms with Gasteiger partial charge in [0.25, 0.3) is 5.79 Å². The molecule has 0 aliphatic carbocycles. The topological polar surface area (TPSA) is 69.7 Å². The third-order valence-electron chi connectivity index (χ3n) is 3.82. The van der Waals surface area contributed by atoms with Crippen LogP contribution in [0.25, 0.3) is 0 Å². The number of esters is 2. The molecule has 0 atom stereocenters. The molecule has 0 aromatic rings. The van der Waals surface area contributed by atoms with Gasteiger partial charge < -0.3 is 9.47 Å². The first-order valence-corrected chi connectivity index (χ1v) is 8.46. The summed E-state index contributed by atoms with van der Waals surface area (Å²) >= 11 is 0. The number of allylic oxidation sites excluding steroid dienone is 1. The molecule has 0 N–H and O–H groups in total. The van der Waals surface area contributed by atoms with Gasteiger partial charge in [-0.25, -0.2) is 0 Å². The van der Waals surface area contributed by atoms with Crippen LogP contribution >= 0.6 is 0 Å². The van der Waals surface area contributed by atoms with Crippen molar-refractivity contribution in [2.45, 2.75) is 77.4 Å². The minimum absolute atomic E-state index is 0.214. The molecule has 5 heteroatoms. The minimum atomic E-state index is -1.40. The Morgan fingerprint density at radius 2 is 1.48 bits per heavy atom. The second kappa shape index (κ2) is 9.48. The third-order valence-corrected chi connectivity index (χ3v) is 3.82. The van der Waals surface area contributed by atoms with Crippen molar-refractivity contribution in [3.63, 3.8) is 0 Å². The summed E-state index contributed by atoms with van der Waals surface area (Å²) in [5.41, 5.74) is 0. The highest BCUT2D eigenvalue weighted by Gasteiger charge is 2.46. The Hall–Kier alpha value is -1.65. The summed E-state index contributed by atoms with van der Waals surface area (Å²) in [5.74, 6) is -4.67. The lowest BCUT2D eigenvalue weighted by atomic mass is 9.97. The van der Waals surface area contributed by atoms with Gasteiger partial charge in [0, 0.05) is 20.3 Å². The molecule has 1 saturated heterocycles. The lowest BCUT2D eigenvalue weighted by Crippen LogP contribution is -2.49. The molecule has 0 aromatic heterocycles. The molecule has 0 radical (unpaired) electrons. The van der Waals surface area contributed by atoms with Gasteiger partial charge in [-0.2, -0.15) is 0 Å². The van der Waals surface area contributed by atoms with E-state index < -0.39 is 29.4 Å². The molecule has 0 saturated carbocycles. The number of ketones is 1. The van der Waals surface area contributed by atoms with Gasteiger partial charge in [-0.05, 0) is 19.3 Å². The zero-order valence-electron chi connectivity index (χ0n) is 14.3. The van der Waals surface area contributed by atoms with Crippen LogP contribution in [0.2, 0.25) is 0 Å². The summed E-state index contributed by atoms with van der Waals surface area (Å²) in [7, 11) is 0. The van der Waals surface area contributed by atoms with E-state index in [1.807, 2.05) is 6.08 Å². The molecule has 5 nitrogen and oxygen atoms in total. The number of ether oxygens (including phenoxy) is 2. The summed E-state index contributed by atoms with van der Waals surface area (Å²) in [4.78, 5) is 35.6. The molecule has 1 rings (SSSR count). The van der Waals surface area contributed by atoms with Crippen LogP contribution in [0.3, 0.4) is 0 Å². The van der Waals surface area contributed by atoms with E-state index in [1.54, 1.807) is 0 Å². The van der Waals surface area contributed by atoms with E-state index in [0.29, 0.717) is 6.42 Å². The summed E-state index contributed by atoms with van der Waals surface area (Å²) in [6, 6.07) is 0. The Bertz CT molecular complexity index is 419. The molecule has 1 heterocycles. The van der Waals surface area contributed by atoms with Crippen LogP contribution in [0.5, 0.6) is 0 Å². The van der Waals surface area contributed by atoms with Crippen molar-refractivity contribution in [1.29, 1.82) is 0 Å². The Balaban J connectivity index is 2.18. The average Bonchev–Trinajstić information content (AvgIpc) is 2.43. The summed E-state index contributed by atoms with van der Waals surface area (Å²) in [5, 5.41) is 0. The van der Waals surface area contributed by atoms with Gasteiger partial charge in [0.1, 0.15) is 0 Å². The van der Waals surface area contributed by atoms with Gasteiger partial charge in [-0.15, -0.1) is 6.58 Å². The van der Waals surface area contributed by atoms with E-state index in [9.17, 15) is 14.4 Å². The van der Waals surface area contributed by atoms with E-state index >= 15 is 0 Å². The Morgan fingerprint density at radius 3 is 2.00 bits per heavy atom. The second-order valence-electron chi connectivity index (χ2n) is 6.44. The summed E-state index contributed by atoms with van der Waals surface area (Å²) in [6.45, 7) is 6.64. The lowest BCUT2D eigenvalue weighted by Gasteiger charge is -2.32. The van der Waals surface area contributed by atoms with E-state index in [1.165, 1.54) is 33.1 Å². The van der Waals surface area contributed by atoms with E-state index in [2.05, 4.69) is 6.58 Å². The lowest BCUT2D eigenvalue weighted by molar-refractivity contribution is -0.238. The average molecular weight is 324 g/mol. The molecule has 23 heavy (non-hydrogen) atoms. The second-order valence-corrected chi connectivity index (χ2v) is 6.44. The van der Waals surface area contributed by atoms with Crippen LogP contribution in [-0.4, -0.2) is 23.5 Å². The van der Waals surface area contributed by atoms with Gasteiger partial charge in [0.15, 0.2) is 5.78 Å². The van der Waals surface area contributed by atoms with Gasteiger partial charge in [-0.3, -0.25) is 14.4 Å². The molecule has 1 aliphatic heterocycles. The molecular weight excluding hydrogens is 296 g/mol. The van der Waals surface area contributed by atoms with Crippen LogP contribution in [0.15, 0.2) is 12.7 Å². The van der Waals surface area contributed by atoms with Crippen molar-refractivity contribution in [2.75, 3.05) is 0 Å². The molecule has 1 fully saturated rings. The van der Waals surface area contributed by atoms with Gasteiger partial charge >= 0.3 is 11.9 Å². The fourth-order valence-corrected chi connectivity index (χ4v) is 2.60. The first kappa shape index (κ1) is 19.4. The molecule has 0 unspecified atom stereocenters. The summed E-state index contributed by atoms with van der Waals surface area (Å²) in [6.07, 6.45) is 10.6. The van der Waals surface area contributed by atoms with Crippen LogP contribution < -0.4 is 0 Å². The van der Waals surface area contributed by atoms with Gasteiger partial charge in [0.2, 0.25) is 5.92 Å².